The van der Waals surface area contributed by atoms with E-state index in [2.05, 4.69) is 10.6 Å². The van der Waals surface area contributed by atoms with Crippen molar-refractivity contribution in [2.45, 2.75) is 11.3 Å². The number of rotatable bonds is 2. The number of nitrogens with one attached hydrogen (secondary N) is 2. The highest BCUT2D eigenvalue weighted by Crippen LogP contribution is 2.31. The van der Waals surface area contributed by atoms with Crippen LogP contribution in [0.5, 0.6) is 0 Å². The Morgan fingerprint density at radius 1 is 1.26 bits per heavy atom. The lowest BCUT2D eigenvalue weighted by Crippen LogP contribution is -2.14. The van der Waals surface area contributed by atoms with Crippen LogP contribution >= 0.6 is 23.4 Å². The van der Waals surface area contributed by atoms with Crippen molar-refractivity contribution in [3.8, 4) is 0 Å². The number of benzene rings is 2. The van der Waals surface area contributed by atoms with Gasteiger partial charge in [0.05, 0.1) is 11.4 Å². The molecule has 0 spiro atoms. The molecule has 1 aliphatic heterocycles. The van der Waals surface area contributed by atoms with Crippen LogP contribution in [0.15, 0.2) is 41.3 Å². The van der Waals surface area contributed by atoms with Crippen LogP contribution in [0.1, 0.15) is 16.8 Å². The van der Waals surface area contributed by atoms with Crippen molar-refractivity contribution in [2.24, 2.45) is 0 Å². The molecule has 118 valence electrons. The summed E-state index contributed by atoms with van der Waals surface area (Å²) in [6.45, 7) is 0. The maximum absolute atomic E-state index is 13.7. The molecule has 2 N–H and O–H groups in total. The fraction of sp³-hybridized carbons (Fsp3) is 0.125. The van der Waals surface area contributed by atoms with Crippen molar-refractivity contribution in [2.75, 3.05) is 16.4 Å². The van der Waals surface area contributed by atoms with Crippen LogP contribution in [0.3, 0.4) is 0 Å². The second-order valence-electron chi connectivity index (χ2n) is 4.94. The minimum atomic E-state index is -0.607. The van der Waals surface area contributed by atoms with E-state index in [-0.39, 0.29) is 16.6 Å². The second-order valence-corrected chi connectivity index (χ2v) is 6.51. The van der Waals surface area contributed by atoms with Crippen molar-refractivity contribution in [3.63, 3.8) is 0 Å². The molecule has 2 aromatic carbocycles. The number of hydrogen-bond acceptors (Lipinski definition) is 3. The second kappa shape index (κ2) is 6.60. The minimum absolute atomic E-state index is 0.0488. The lowest BCUT2D eigenvalue weighted by molar-refractivity contribution is -0.115. The van der Waals surface area contributed by atoms with Crippen LogP contribution in [-0.4, -0.2) is 17.6 Å². The first-order valence-corrected chi connectivity index (χ1v) is 8.22. The molecule has 0 bridgehead atoms. The van der Waals surface area contributed by atoms with Crippen molar-refractivity contribution in [1.82, 2.24) is 0 Å². The summed E-state index contributed by atoms with van der Waals surface area (Å²) < 4.78 is 13.7. The maximum Gasteiger partial charge on any atom is 0.255 e. The number of carbonyl (C=O) groups is 2. The number of halogens is 2. The Bertz CT molecular complexity index is 798. The van der Waals surface area contributed by atoms with E-state index < -0.39 is 11.7 Å². The Hall–Kier alpha value is -2.05. The SMILES string of the molecule is O=C1CCSc2ccc(C(=O)Nc3ccc(Cl)cc3F)cc2N1. The van der Waals surface area contributed by atoms with E-state index in [9.17, 15) is 14.0 Å². The van der Waals surface area contributed by atoms with E-state index in [1.165, 1.54) is 12.1 Å². The predicted molar refractivity (Wildman–Crippen MR) is 89.8 cm³/mol. The summed E-state index contributed by atoms with van der Waals surface area (Å²) in [6, 6.07) is 9.04. The third kappa shape index (κ3) is 3.65. The van der Waals surface area contributed by atoms with Crippen LogP contribution in [0.25, 0.3) is 0 Å². The van der Waals surface area contributed by atoms with Crippen molar-refractivity contribution < 1.29 is 14.0 Å². The molecule has 0 aliphatic carbocycles. The molecule has 0 aromatic heterocycles. The highest BCUT2D eigenvalue weighted by Gasteiger charge is 2.16. The molecule has 2 aromatic rings. The molecule has 23 heavy (non-hydrogen) atoms. The molecule has 3 rings (SSSR count). The van der Waals surface area contributed by atoms with Gasteiger partial charge in [-0.25, -0.2) is 4.39 Å². The number of carbonyl (C=O) groups excluding carboxylic acids is 2. The van der Waals surface area contributed by atoms with Gasteiger partial charge < -0.3 is 10.6 Å². The van der Waals surface area contributed by atoms with Crippen LogP contribution in [-0.2, 0) is 4.79 Å². The van der Waals surface area contributed by atoms with E-state index in [4.69, 9.17) is 11.6 Å². The molecule has 0 radical (unpaired) electrons. The highest BCUT2D eigenvalue weighted by atomic mass is 35.5. The van der Waals surface area contributed by atoms with Gasteiger partial charge in [0.15, 0.2) is 0 Å². The zero-order chi connectivity index (χ0) is 16.4. The van der Waals surface area contributed by atoms with Gasteiger partial charge in [-0.1, -0.05) is 11.6 Å². The first-order valence-electron chi connectivity index (χ1n) is 6.86. The van der Waals surface area contributed by atoms with E-state index in [0.717, 1.165) is 11.0 Å². The third-order valence-corrected chi connectivity index (χ3v) is 4.59. The third-order valence-electron chi connectivity index (χ3n) is 3.28. The lowest BCUT2D eigenvalue weighted by Gasteiger charge is -2.10. The molecular formula is C16H12ClFN2O2S. The maximum atomic E-state index is 13.7. The molecule has 4 nitrogen and oxygen atoms in total. The van der Waals surface area contributed by atoms with E-state index in [1.54, 1.807) is 30.0 Å². The standard InChI is InChI=1S/C16H12ClFN2O2S/c17-10-2-3-12(11(18)8-10)20-16(22)9-1-4-14-13(7-9)19-15(21)5-6-23-14/h1-4,7-8H,5-6H2,(H,19,21)(H,20,22). The number of anilines is 2. The van der Waals surface area contributed by atoms with Gasteiger partial charge in [-0.05, 0) is 36.4 Å². The Balaban J connectivity index is 1.84. The summed E-state index contributed by atoms with van der Waals surface area (Å²) >= 11 is 7.24. The summed E-state index contributed by atoms with van der Waals surface area (Å²) in [5.74, 6) is -0.458. The fourth-order valence-corrected chi connectivity index (χ4v) is 3.24. The van der Waals surface area contributed by atoms with Crippen LogP contribution < -0.4 is 10.6 Å². The zero-order valence-corrected chi connectivity index (χ0v) is 13.4. The molecular weight excluding hydrogens is 339 g/mol. The number of fused-ring (bicyclic) bond motifs is 1. The van der Waals surface area contributed by atoms with E-state index >= 15 is 0 Å². The lowest BCUT2D eigenvalue weighted by atomic mass is 10.1. The fourth-order valence-electron chi connectivity index (χ4n) is 2.15. The molecule has 0 atom stereocenters. The monoisotopic (exact) mass is 350 g/mol. The normalized spacial score (nSPS) is 13.7. The summed E-state index contributed by atoms with van der Waals surface area (Å²) in [5, 5.41) is 5.52. The van der Waals surface area contributed by atoms with Gasteiger partial charge in [-0.2, -0.15) is 0 Å². The first kappa shape index (κ1) is 15.8. The van der Waals surface area contributed by atoms with Gasteiger partial charge >= 0.3 is 0 Å². The van der Waals surface area contributed by atoms with Crippen LogP contribution in [0.4, 0.5) is 15.8 Å². The summed E-state index contributed by atoms with van der Waals surface area (Å²) in [6.07, 6.45) is 0.427. The first-order chi connectivity index (χ1) is 11.0. The molecule has 1 aliphatic rings. The molecule has 0 saturated carbocycles. The highest BCUT2D eigenvalue weighted by molar-refractivity contribution is 7.99. The Labute approximate surface area is 141 Å². The predicted octanol–water partition coefficient (Wildman–Crippen LogP) is 4.17. The van der Waals surface area contributed by atoms with Gasteiger partial charge in [-0.3, -0.25) is 9.59 Å². The van der Waals surface area contributed by atoms with E-state index in [1.807, 2.05) is 0 Å². The Kier molecular flexibility index (Phi) is 4.54. The molecule has 0 unspecified atom stereocenters. The van der Waals surface area contributed by atoms with Gasteiger partial charge in [-0.15, -0.1) is 11.8 Å². The smallest absolute Gasteiger partial charge is 0.255 e. The average molecular weight is 351 g/mol. The Morgan fingerprint density at radius 3 is 2.87 bits per heavy atom. The minimum Gasteiger partial charge on any atom is -0.325 e. The number of thioether (sulfide) groups is 1. The van der Waals surface area contributed by atoms with Crippen molar-refractivity contribution >= 4 is 46.6 Å². The molecule has 1 heterocycles. The summed E-state index contributed by atoms with van der Waals surface area (Å²) in [4.78, 5) is 24.8. The topological polar surface area (TPSA) is 58.2 Å². The largest absolute Gasteiger partial charge is 0.325 e. The van der Waals surface area contributed by atoms with Gasteiger partial charge in [0, 0.05) is 27.7 Å². The van der Waals surface area contributed by atoms with Crippen molar-refractivity contribution in [1.29, 1.82) is 0 Å². The Morgan fingerprint density at radius 2 is 2.09 bits per heavy atom. The quantitative estimate of drug-likeness (QED) is 0.854. The summed E-state index contributed by atoms with van der Waals surface area (Å²) in [5.41, 5.74) is 0.982. The average Bonchev–Trinajstić information content (AvgIpc) is 2.69. The van der Waals surface area contributed by atoms with Crippen molar-refractivity contribution in [3.05, 3.63) is 52.8 Å². The molecule has 7 heteroatoms. The van der Waals surface area contributed by atoms with Gasteiger partial charge in [0.1, 0.15) is 5.82 Å². The van der Waals surface area contributed by atoms with Crippen LogP contribution in [0.2, 0.25) is 5.02 Å². The molecule has 2 amide bonds. The van der Waals surface area contributed by atoms with Gasteiger partial charge in [0.2, 0.25) is 5.91 Å². The molecule has 0 fully saturated rings. The summed E-state index contributed by atoms with van der Waals surface area (Å²) in [7, 11) is 0. The number of hydrogen-bond donors (Lipinski definition) is 2. The molecule has 0 saturated heterocycles. The van der Waals surface area contributed by atoms with E-state index in [0.29, 0.717) is 23.4 Å². The van der Waals surface area contributed by atoms with Crippen LogP contribution in [0, 0.1) is 5.82 Å². The number of amides is 2. The van der Waals surface area contributed by atoms with Gasteiger partial charge in [0.25, 0.3) is 5.91 Å². The zero-order valence-electron chi connectivity index (χ0n) is 11.9.